The summed E-state index contributed by atoms with van der Waals surface area (Å²) in [5.74, 6) is 0.943. The number of aryl methyl sites for hydroxylation is 1. The molecule has 1 aromatic carbocycles. The lowest BCUT2D eigenvalue weighted by atomic mass is 10.2. The minimum Gasteiger partial charge on any atom is -0.330 e. The number of hydrogen-bond donors (Lipinski definition) is 0. The van der Waals surface area contributed by atoms with Crippen LogP contribution < -0.4 is 0 Å². The normalized spacial score (nSPS) is 10.7. The van der Waals surface area contributed by atoms with Gasteiger partial charge in [-0.05, 0) is 18.2 Å². The number of hydrogen-bond acceptors (Lipinski definition) is 3. The largest absolute Gasteiger partial charge is 0.330 e. The third-order valence-corrected chi connectivity index (χ3v) is 2.99. The van der Waals surface area contributed by atoms with Crippen molar-refractivity contribution in [1.29, 1.82) is 5.26 Å². The molecule has 2 heterocycles. The molecule has 0 radical (unpaired) electrons. The first-order chi connectivity index (χ1) is 8.78. The molecule has 5 nitrogen and oxygen atoms in total. The van der Waals surface area contributed by atoms with Crippen LogP contribution in [0, 0.1) is 11.3 Å². The van der Waals surface area contributed by atoms with Gasteiger partial charge >= 0.3 is 0 Å². The summed E-state index contributed by atoms with van der Waals surface area (Å²) in [6, 6.07) is 7.67. The summed E-state index contributed by atoms with van der Waals surface area (Å²) in [5.41, 5.74) is 2.54. The summed E-state index contributed by atoms with van der Waals surface area (Å²) < 4.78 is 3.97. The van der Waals surface area contributed by atoms with Crippen molar-refractivity contribution >= 4 is 11.0 Å². The zero-order valence-electron chi connectivity index (χ0n) is 9.91. The lowest BCUT2D eigenvalue weighted by Crippen LogP contribution is -2.04. The molecule has 0 saturated heterocycles. The molecule has 0 saturated carbocycles. The van der Waals surface area contributed by atoms with E-state index >= 15 is 0 Å². The summed E-state index contributed by atoms with van der Waals surface area (Å²) in [6.45, 7) is 0.674. The smallest absolute Gasteiger partial charge is 0.129 e. The van der Waals surface area contributed by atoms with E-state index in [2.05, 4.69) is 16.0 Å². The molecule has 0 spiro atoms. The first-order valence-corrected chi connectivity index (χ1v) is 5.59. The Kier molecular flexibility index (Phi) is 2.34. The third-order valence-electron chi connectivity index (χ3n) is 2.99. The van der Waals surface area contributed by atoms with Crippen LogP contribution in [0.15, 0.2) is 36.9 Å². The fraction of sp³-hybridized carbons (Fsp3) is 0.154. The quantitative estimate of drug-likeness (QED) is 0.681. The Morgan fingerprint density at radius 2 is 2.28 bits per heavy atom. The van der Waals surface area contributed by atoms with Gasteiger partial charge in [-0.3, -0.25) is 0 Å². The number of nitriles is 1. The predicted octanol–water partition coefficient (Wildman–Crippen LogP) is 1.69. The lowest BCUT2D eigenvalue weighted by molar-refractivity contribution is 0.707. The summed E-state index contributed by atoms with van der Waals surface area (Å²) in [5, 5.41) is 8.91. The molecule has 18 heavy (non-hydrogen) atoms. The molecule has 0 bridgehead atoms. The summed E-state index contributed by atoms with van der Waals surface area (Å²) >= 11 is 0. The van der Waals surface area contributed by atoms with Crippen molar-refractivity contribution in [3.63, 3.8) is 0 Å². The lowest BCUT2D eigenvalue weighted by Gasteiger charge is -2.02. The van der Waals surface area contributed by atoms with Crippen molar-refractivity contribution in [3.8, 4) is 6.07 Å². The highest BCUT2D eigenvalue weighted by Crippen LogP contribution is 2.17. The molecule has 0 aliphatic heterocycles. The molecular weight excluding hydrogens is 226 g/mol. The van der Waals surface area contributed by atoms with Gasteiger partial charge < -0.3 is 9.13 Å². The van der Waals surface area contributed by atoms with Crippen LogP contribution in [0.25, 0.3) is 11.0 Å². The Morgan fingerprint density at radius 3 is 3.00 bits per heavy atom. The molecule has 5 heteroatoms. The first kappa shape index (κ1) is 10.5. The van der Waals surface area contributed by atoms with E-state index in [-0.39, 0.29) is 0 Å². The molecule has 0 atom stereocenters. The second kappa shape index (κ2) is 4.00. The number of nitrogens with zero attached hydrogens (tertiary/aromatic N) is 5. The maximum atomic E-state index is 8.91. The number of fused-ring (bicyclic) bond motifs is 1. The molecule has 0 amide bonds. The van der Waals surface area contributed by atoms with E-state index in [0.29, 0.717) is 12.1 Å². The zero-order valence-corrected chi connectivity index (χ0v) is 9.91. The van der Waals surface area contributed by atoms with Gasteiger partial charge in [0.25, 0.3) is 0 Å². The number of aromatic nitrogens is 4. The van der Waals surface area contributed by atoms with E-state index in [4.69, 9.17) is 5.26 Å². The van der Waals surface area contributed by atoms with Crippen LogP contribution in [-0.4, -0.2) is 19.1 Å². The van der Waals surface area contributed by atoms with Gasteiger partial charge in [-0.1, -0.05) is 0 Å². The van der Waals surface area contributed by atoms with Crippen molar-refractivity contribution in [2.24, 2.45) is 7.05 Å². The number of rotatable bonds is 2. The van der Waals surface area contributed by atoms with Crippen LogP contribution in [0.5, 0.6) is 0 Å². The summed E-state index contributed by atoms with van der Waals surface area (Å²) in [4.78, 5) is 8.58. The average molecular weight is 237 g/mol. The topological polar surface area (TPSA) is 59.4 Å². The standard InChI is InChI=1S/C13H11N5/c1-17-12-6-10(7-14)2-3-11(12)16-13(17)8-18-5-4-15-9-18/h2-6,9H,8H2,1H3. The van der Waals surface area contributed by atoms with Crippen molar-refractivity contribution in [3.05, 3.63) is 48.3 Å². The molecule has 0 N–H and O–H groups in total. The Hall–Kier alpha value is -2.61. The van der Waals surface area contributed by atoms with Crippen molar-refractivity contribution in [1.82, 2.24) is 19.1 Å². The van der Waals surface area contributed by atoms with E-state index in [9.17, 15) is 0 Å². The maximum Gasteiger partial charge on any atom is 0.129 e. The number of imidazole rings is 2. The molecule has 2 aromatic heterocycles. The van der Waals surface area contributed by atoms with Gasteiger partial charge in [0.2, 0.25) is 0 Å². The minimum absolute atomic E-state index is 0.652. The van der Waals surface area contributed by atoms with Crippen molar-refractivity contribution < 1.29 is 0 Å². The van der Waals surface area contributed by atoms with E-state index in [1.165, 1.54) is 0 Å². The zero-order chi connectivity index (χ0) is 12.5. The predicted molar refractivity (Wildman–Crippen MR) is 66.8 cm³/mol. The van der Waals surface area contributed by atoms with Gasteiger partial charge in [-0.2, -0.15) is 5.26 Å². The van der Waals surface area contributed by atoms with Crippen molar-refractivity contribution in [2.45, 2.75) is 6.54 Å². The van der Waals surface area contributed by atoms with E-state index in [0.717, 1.165) is 16.9 Å². The fourth-order valence-corrected chi connectivity index (χ4v) is 1.99. The Balaban J connectivity index is 2.09. The monoisotopic (exact) mass is 237 g/mol. The van der Waals surface area contributed by atoms with E-state index < -0.39 is 0 Å². The van der Waals surface area contributed by atoms with Crippen molar-refractivity contribution in [2.75, 3.05) is 0 Å². The Morgan fingerprint density at radius 1 is 1.39 bits per heavy atom. The average Bonchev–Trinajstić information content (AvgIpc) is 2.99. The molecule has 3 rings (SSSR count). The second-order valence-corrected chi connectivity index (χ2v) is 4.14. The van der Waals surface area contributed by atoms with Gasteiger partial charge in [0.1, 0.15) is 5.82 Å². The molecule has 3 aromatic rings. The second-order valence-electron chi connectivity index (χ2n) is 4.14. The summed E-state index contributed by atoms with van der Waals surface area (Å²) in [6.07, 6.45) is 5.41. The van der Waals surface area contributed by atoms with Crippen LogP contribution >= 0.6 is 0 Å². The maximum absolute atomic E-state index is 8.91. The minimum atomic E-state index is 0.652. The first-order valence-electron chi connectivity index (χ1n) is 5.59. The molecular formula is C13H11N5. The van der Waals surface area contributed by atoms with E-state index in [1.807, 2.05) is 34.5 Å². The highest BCUT2D eigenvalue weighted by Gasteiger charge is 2.08. The Labute approximate surface area is 104 Å². The van der Waals surface area contributed by atoms with Gasteiger partial charge in [0.15, 0.2) is 0 Å². The molecule has 0 unspecified atom stereocenters. The number of benzene rings is 1. The van der Waals surface area contributed by atoms with Gasteiger partial charge in [-0.15, -0.1) is 0 Å². The van der Waals surface area contributed by atoms with Gasteiger partial charge in [0.05, 0.1) is 35.5 Å². The SMILES string of the molecule is Cn1c(Cn2ccnc2)nc2ccc(C#N)cc21. The highest BCUT2D eigenvalue weighted by atomic mass is 15.1. The van der Waals surface area contributed by atoms with Crippen LogP contribution in [0.1, 0.15) is 11.4 Å². The molecule has 0 fully saturated rings. The van der Waals surface area contributed by atoms with Gasteiger partial charge in [0, 0.05) is 19.4 Å². The molecule has 88 valence electrons. The third kappa shape index (κ3) is 1.64. The van der Waals surface area contributed by atoms with Crippen LogP contribution in [-0.2, 0) is 13.6 Å². The van der Waals surface area contributed by atoms with E-state index in [1.54, 1.807) is 18.6 Å². The molecule has 0 aliphatic carbocycles. The molecule has 0 aliphatic rings. The highest BCUT2D eigenvalue weighted by molar-refractivity contribution is 5.77. The van der Waals surface area contributed by atoms with Crippen LogP contribution in [0.3, 0.4) is 0 Å². The van der Waals surface area contributed by atoms with Crippen LogP contribution in [0.2, 0.25) is 0 Å². The fourth-order valence-electron chi connectivity index (χ4n) is 1.99. The van der Waals surface area contributed by atoms with Gasteiger partial charge in [-0.25, -0.2) is 9.97 Å². The summed E-state index contributed by atoms with van der Waals surface area (Å²) in [7, 11) is 1.96. The van der Waals surface area contributed by atoms with Crippen LogP contribution in [0.4, 0.5) is 0 Å². The Bertz CT molecular complexity index is 731.